The molecule has 1 aromatic heterocycles. The molecule has 5 heteroatoms. The van der Waals surface area contributed by atoms with Crippen molar-refractivity contribution < 1.29 is 14.3 Å². The van der Waals surface area contributed by atoms with Gasteiger partial charge in [0.25, 0.3) is 5.91 Å². The van der Waals surface area contributed by atoms with Gasteiger partial charge in [0.05, 0.1) is 7.11 Å². The van der Waals surface area contributed by atoms with E-state index >= 15 is 0 Å². The number of nitrogens with one attached hydrogen (secondary N) is 1. The zero-order valence-corrected chi connectivity index (χ0v) is 13.8. The fraction of sp³-hybridized carbons (Fsp3) is 0.100. The number of nitrogens with zero attached hydrogens (tertiary/aromatic N) is 1. The summed E-state index contributed by atoms with van der Waals surface area (Å²) in [5.41, 5.74) is 1.55. The molecule has 0 bridgehead atoms. The highest BCUT2D eigenvalue weighted by Crippen LogP contribution is 2.20. The first-order valence-electron chi connectivity index (χ1n) is 7.84. The number of hydrogen-bond donors (Lipinski definition) is 1. The summed E-state index contributed by atoms with van der Waals surface area (Å²) in [5, 5.41) is 2.89. The molecule has 3 aromatic rings. The van der Waals surface area contributed by atoms with Crippen molar-refractivity contribution in [2.45, 2.75) is 6.54 Å². The molecule has 0 aliphatic heterocycles. The van der Waals surface area contributed by atoms with Crippen molar-refractivity contribution in [2.75, 3.05) is 7.11 Å². The van der Waals surface area contributed by atoms with Crippen molar-refractivity contribution in [3.63, 3.8) is 0 Å². The molecule has 1 N–H and O–H groups in total. The summed E-state index contributed by atoms with van der Waals surface area (Å²) in [7, 11) is 1.62. The highest BCUT2D eigenvalue weighted by molar-refractivity contribution is 5.94. The third-order valence-corrected chi connectivity index (χ3v) is 3.59. The lowest BCUT2D eigenvalue weighted by atomic mass is 10.2. The first-order valence-corrected chi connectivity index (χ1v) is 7.84. The molecule has 0 radical (unpaired) electrons. The summed E-state index contributed by atoms with van der Waals surface area (Å²) >= 11 is 0. The van der Waals surface area contributed by atoms with Crippen LogP contribution in [0.5, 0.6) is 17.2 Å². The van der Waals surface area contributed by atoms with Gasteiger partial charge in [0.1, 0.15) is 17.2 Å². The molecule has 25 heavy (non-hydrogen) atoms. The van der Waals surface area contributed by atoms with Crippen LogP contribution in [0.15, 0.2) is 73.1 Å². The highest BCUT2D eigenvalue weighted by atomic mass is 16.5. The van der Waals surface area contributed by atoms with Crippen LogP contribution in [0.2, 0.25) is 0 Å². The summed E-state index contributed by atoms with van der Waals surface area (Å²) in [4.78, 5) is 16.2. The lowest BCUT2D eigenvalue weighted by Gasteiger charge is -2.08. The maximum absolute atomic E-state index is 12.3. The van der Waals surface area contributed by atoms with Crippen LogP contribution in [-0.4, -0.2) is 18.0 Å². The van der Waals surface area contributed by atoms with Crippen LogP contribution in [0.3, 0.4) is 0 Å². The van der Waals surface area contributed by atoms with Gasteiger partial charge < -0.3 is 14.8 Å². The minimum absolute atomic E-state index is 0.140. The first-order chi connectivity index (χ1) is 12.2. The third kappa shape index (κ3) is 4.57. The van der Waals surface area contributed by atoms with E-state index in [1.165, 1.54) is 0 Å². The zero-order valence-electron chi connectivity index (χ0n) is 13.8. The summed E-state index contributed by atoms with van der Waals surface area (Å²) in [6, 6.07) is 18.1. The number of pyridine rings is 1. The number of carbonyl (C=O) groups is 1. The van der Waals surface area contributed by atoms with E-state index in [0.29, 0.717) is 23.6 Å². The molecule has 1 amide bonds. The molecule has 1 heterocycles. The Morgan fingerprint density at radius 2 is 1.68 bits per heavy atom. The molecule has 0 aliphatic rings. The second-order valence-electron chi connectivity index (χ2n) is 5.34. The molecule has 3 rings (SSSR count). The molecule has 0 spiro atoms. The average Bonchev–Trinajstić information content (AvgIpc) is 2.67. The number of hydrogen-bond acceptors (Lipinski definition) is 4. The SMILES string of the molecule is COc1cccc(CNC(=O)c2ccc(Oc3ccncc3)cc2)c1. The van der Waals surface area contributed by atoms with Crippen molar-refractivity contribution >= 4 is 5.91 Å². The Kier molecular flexibility index (Phi) is 5.26. The first kappa shape index (κ1) is 16.5. The van der Waals surface area contributed by atoms with Gasteiger partial charge in [-0.15, -0.1) is 0 Å². The summed E-state index contributed by atoms with van der Waals surface area (Å²) < 4.78 is 10.9. The van der Waals surface area contributed by atoms with Gasteiger partial charge in [-0.1, -0.05) is 12.1 Å². The minimum Gasteiger partial charge on any atom is -0.497 e. The van der Waals surface area contributed by atoms with Gasteiger partial charge >= 0.3 is 0 Å². The molecule has 0 fully saturated rings. The topological polar surface area (TPSA) is 60.5 Å². The lowest BCUT2D eigenvalue weighted by Crippen LogP contribution is -2.22. The molecular weight excluding hydrogens is 316 g/mol. The summed E-state index contributed by atoms with van der Waals surface area (Å²) in [6.07, 6.45) is 3.32. The van der Waals surface area contributed by atoms with Crippen molar-refractivity contribution in [3.8, 4) is 17.2 Å². The Morgan fingerprint density at radius 1 is 0.960 bits per heavy atom. The van der Waals surface area contributed by atoms with Crippen LogP contribution in [0.25, 0.3) is 0 Å². The van der Waals surface area contributed by atoms with Crippen molar-refractivity contribution in [2.24, 2.45) is 0 Å². The largest absolute Gasteiger partial charge is 0.497 e. The quantitative estimate of drug-likeness (QED) is 0.744. The van der Waals surface area contributed by atoms with Gasteiger partial charge in [-0.2, -0.15) is 0 Å². The summed E-state index contributed by atoms with van der Waals surface area (Å²) in [6.45, 7) is 0.436. The molecule has 5 nitrogen and oxygen atoms in total. The van der Waals surface area contributed by atoms with E-state index in [2.05, 4.69) is 10.3 Å². The Labute approximate surface area is 146 Å². The lowest BCUT2D eigenvalue weighted by molar-refractivity contribution is 0.0951. The monoisotopic (exact) mass is 334 g/mol. The van der Waals surface area contributed by atoms with E-state index in [0.717, 1.165) is 11.3 Å². The number of carbonyl (C=O) groups excluding carboxylic acids is 1. The maximum atomic E-state index is 12.3. The Hall–Kier alpha value is -3.34. The number of rotatable bonds is 6. The van der Waals surface area contributed by atoms with Gasteiger partial charge in [-0.05, 0) is 54.1 Å². The van der Waals surface area contributed by atoms with Crippen molar-refractivity contribution in [1.29, 1.82) is 0 Å². The van der Waals surface area contributed by atoms with Crippen LogP contribution in [0, 0.1) is 0 Å². The van der Waals surface area contributed by atoms with E-state index < -0.39 is 0 Å². The van der Waals surface area contributed by atoms with E-state index in [4.69, 9.17) is 9.47 Å². The average molecular weight is 334 g/mol. The van der Waals surface area contributed by atoms with Gasteiger partial charge in [-0.3, -0.25) is 9.78 Å². The highest BCUT2D eigenvalue weighted by Gasteiger charge is 2.06. The maximum Gasteiger partial charge on any atom is 0.251 e. The minimum atomic E-state index is -0.140. The molecule has 126 valence electrons. The second-order valence-corrected chi connectivity index (χ2v) is 5.34. The number of ether oxygens (including phenoxy) is 2. The Balaban J connectivity index is 1.58. The molecule has 2 aromatic carbocycles. The number of methoxy groups -OCH3 is 1. The van der Waals surface area contributed by atoms with Crippen molar-refractivity contribution in [3.05, 3.63) is 84.2 Å². The zero-order chi connectivity index (χ0) is 17.5. The fourth-order valence-corrected chi connectivity index (χ4v) is 2.28. The molecule has 0 atom stereocenters. The molecule has 0 unspecified atom stereocenters. The van der Waals surface area contributed by atoms with Crippen LogP contribution in [-0.2, 0) is 6.54 Å². The van der Waals surface area contributed by atoms with Crippen LogP contribution >= 0.6 is 0 Å². The van der Waals surface area contributed by atoms with Crippen LogP contribution < -0.4 is 14.8 Å². The van der Waals surface area contributed by atoms with Crippen molar-refractivity contribution in [1.82, 2.24) is 10.3 Å². The molecule has 0 aliphatic carbocycles. The predicted molar refractivity (Wildman–Crippen MR) is 94.9 cm³/mol. The number of benzene rings is 2. The molecular formula is C20H18N2O3. The standard InChI is InChI=1S/C20H18N2O3/c1-24-19-4-2-3-15(13-19)14-22-20(23)16-5-7-17(8-6-16)25-18-9-11-21-12-10-18/h2-13H,14H2,1H3,(H,22,23). The summed E-state index contributed by atoms with van der Waals surface area (Å²) in [5.74, 6) is 1.99. The Morgan fingerprint density at radius 3 is 2.40 bits per heavy atom. The Bertz CT molecular complexity index is 833. The number of amides is 1. The van der Waals surface area contributed by atoms with Gasteiger partial charge in [0, 0.05) is 24.5 Å². The van der Waals surface area contributed by atoms with Crippen LogP contribution in [0.4, 0.5) is 0 Å². The normalized spacial score (nSPS) is 10.1. The predicted octanol–water partition coefficient (Wildman–Crippen LogP) is 3.81. The van der Waals surface area contributed by atoms with Gasteiger partial charge in [-0.25, -0.2) is 0 Å². The van der Waals surface area contributed by atoms with E-state index in [9.17, 15) is 4.79 Å². The molecule has 0 saturated heterocycles. The second kappa shape index (κ2) is 7.97. The molecule has 0 saturated carbocycles. The van der Waals surface area contributed by atoms with Crippen LogP contribution in [0.1, 0.15) is 15.9 Å². The van der Waals surface area contributed by atoms with E-state index in [1.54, 1.807) is 55.9 Å². The van der Waals surface area contributed by atoms with Gasteiger partial charge in [0.15, 0.2) is 0 Å². The number of aromatic nitrogens is 1. The smallest absolute Gasteiger partial charge is 0.251 e. The van der Waals surface area contributed by atoms with E-state index in [-0.39, 0.29) is 5.91 Å². The van der Waals surface area contributed by atoms with E-state index in [1.807, 2.05) is 24.3 Å². The fourth-order valence-electron chi connectivity index (χ4n) is 2.28. The van der Waals surface area contributed by atoms with Gasteiger partial charge in [0.2, 0.25) is 0 Å². The third-order valence-electron chi connectivity index (χ3n) is 3.59.